The number of carbonyl (C=O) groups excluding carboxylic acids is 1. The summed E-state index contributed by atoms with van der Waals surface area (Å²) in [6.45, 7) is 4.23. The van der Waals surface area contributed by atoms with Crippen molar-refractivity contribution in [3.63, 3.8) is 0 Å². The molecule has 1 unspecified atom stereocenters. The van der Waals surface area contributed by atoms with Crippen molar-refractivity contribution in [2.24, 2.45) is 0 Å². The lowest BCUT2D eigenvalue weighted by molar-refractivity contribution is 0.0634. The monoisotopic (exact) mass is 294 g/mol. The number of likely N-dealkylation sites (tertiary alicyclic amines) is 1. The van der Waals surface area contributed by atoms with E-state index in [9.17, 15) is 4.79 Å². The van der Waals surface area contributed by atoms with Crippen LogP contribution in [0.4, 0.5) is 0 Å². The summed E-state index contributed by atoms with van der Waals surface area (Å²) in [5, 5.41) is 0. The van der Waals surface area contributed by atoms with E-state index in [1.54, 1.807) is 18.4 Å². The highest BCUT2D eigenvalue weighted by atomic mass is 32.2. The predicted molar refractivity (Wildman–Crippen MR) is 81.1 cm³/mol. The first kappa shape index (κ1) is 14.0. The first-order valence-corrected chi connectivity index (χ1v) is 8.64. The third-order valence-electron chi connectivity index (χ3n) is 4.10. The molecule has 0 spiro atoms. The van der Waals surface area contributed by atoms with Gasteiger partial charge in [0.25, 0.3) is 5.91 Å². The van der Waals surface area contributed by atoms with Crippen LogP contribution in [-0.4, -0.2) is 59.4 Å². The topological polar surface area (TPSA) is 36.7 Å². The van der Waals surface area contributed by atoms with E-state index in [4.69, 9.17) is 4.42 Å². The van der Waals surface area contributed by atoms with Crippen molar-refractivity contribution in [1.29, 1.82) is 0 Å². The average Bonchev–Trinajstić information content (AvgIpc) is 3.10. The van der Waals surface area contributed by atoms with Crippen molar-refractivity contribution in [1.82, 2.24) is 9.80 Å². The molecule has 4 nitrogen and oxygen atoms in total. The molecule has 1 aromatic heterocycles. The Hall–Kier alpha value is -0.940. The number of furan rings is 1. The summed E-state index contributed by atoms with van der Waals surface area (Å²) in [5.74, 6) is 2.73. The summed E-state index contributed by atoms with van der Waals surface area (Å²) in [5.41, 5.74) is 0. The molecule has 0 bridgehead atoms. The van der Waals surface area contributed by atoms with Gasteiger partial charge >= 0.3 is 0 Å². The Morgan fingerprint density at radius 2 is 2.15 bits per heavy atom. The standard InChI is InChI=1S/C15H22N2O2S/c18-15(14-5-3-9-19-14)17-8-4-10-20-12-13(17)11-16-6-1-2-7-16/h3,5,9,13H,1-2,4,6-8,10-12H2. The number of hydrogen-bond acceptors (Lipinski definition) is 4. The highest BCUT2D eigenvalue weighted by Gasteiger charge is 2.29. The van der Waals surface area contributed by atoms with Gasteiger partial charge in [0.1, 0.15) is 0 Å². The van der Waals surface area contributed by atoms with Crippen molar-refractivity contribution in [3.8, 4) is 0 Å². The number of carbonyl (C=O) groups is 1. The molecule has 0 aliphatic carbocycles. The first-order chi connectivity index (χ1) is 9.84. The van der Waals surface area contributed by atoms with Gasteiger partial charge in [-0.2, -0.15) is 11.8 Å². The molecule has 2 aliphatic heterocycles. The number of rotatable bonds is 3. The number of amides is 1. The molecule has 3 rings (SSSR count). The smallest absolute Gasteiger partial charge is 0.289 e. The van der Waals surface area contributed by atoms with E-state index < -0.39 is 0 Å². The summed E-state index contributed by atoms with van der Waals surface area (Å²) >= 11 is 1.97. The molecule has 2 aliphatic rings. The first-order valence-electron chi connectivity index (χ1n) is 7.49. The Morgan fingerprint density at radius 1 is 1.30 bits per heavy atom. The lowest BCUT2D eigenvalue weighted by atomic mass is 10.2. The van der Waals surface area contributed by atoms with E-state index in [1.165, 1.54) is 25.9 Å². The maximum absolute atomic E-state index is 12.6. The van der Waals surface area contributed by atoms with Gasteiger partial charge in [-0.3, -0.25) is 4.79 Å². The van der Waals surface area contributed by atoms with Gasteiger partial charge in [-0.05, 0) is 50.2 Å². The molecule has 0 radical (unpaired) electrons. The highest BCUT2D eigenvalue weighted by Crippen LogP contribution is 2.21. The maximum Gasteiger partial charge on any atom is 0.289 e. The van der Waals surface area contributed by atoms with Gasteiger partial charge in [0.15, 0.2) is 5.76 Å². The third-order valence-corrected chi connectivity index (χ3v) is 5.30. The minimum Gasteiger partial charge on any atom is -0.459 e. The van der Waals surface area contributed by atoms with Crippen LogP contribution in [0, 0.1) is 0 Å². The van der Waals surface area contributed by atoms with Gasteiger partial charge in [-0.25, -0.2) is 0 Å². The van der Waals surface area contributed by atoms with Crippen LogP contribution in [0.25, 0.3) is 0 Å². The molecule has 1 atom stereocenters. The van der Waals surface area contributed by atoms with Crippen molar-refractivity contribution in [2.45, 2.75) is 25.3 Å². The maximum atomic E-state index is 12.6. The van der Waals surface area contributed by atoms with Crippen LogP contribution in [0.2, 0.25) is 0 Å². The fourth-order valence-corrected chi connectivity index (χ4v) is 4.11. The van der Waals surface area contributed by atoms with Crippen LogP contribution in [-0.2, 0) is 0 Å². The van der Waals surface area contributed by atoms with Crippen LogP contribution in [0.3, 0.4) is 0 Å². The number of hydrogen-bond donors (Lipinski definition) is 0. The molecule has 2 saturated heterocycles. The Labute approximate surface area is 124 Å². The number of thioether (sulfide) groups is 1. The summed E-state index contributed by atoms with van der Waals surface area (Å²) in [4.78, 5) is 17.1. The molecule has 1 aromatic rings. The quantitative estimate of drug-likeness (QED) is 0.857. The Morgan fingerprint density at radius 3 is 2.90 bits per heavy atom. The molecular weight excluding hydrogens is 272 g/mol. The van der Waals surface area contributed by atoms with E-state index in [0.29, 0.717) is 11.8 Å². The molecule has 0 aromatic carbocycles. The summed E-state index contributed by atoms with van der Waals surface area (Å²) in [6.07, 6.45) is 5.25. The van der Waals surface area contributed by atoms with E-state index in [2.05, 4.69) is 4.90 Å². The van der Waals surface area contributed by atoms with Crippen LogP contribution >= 0.6 is 11.8 Å². The van der Waals surface area contributed by atoms with Crippen molar-refractivity contribution < 1.29 is 9.21 Å². The van der Waals surface area contributed by atoms with Gasteiger partial charge in [0.05, 0.1) is 12.3 Å². The molecule has 0 saturated carbocycles. The second-order valence-corrected chi connectivity index (χ2v) is 6.72. The van der Waals surface area contributed by atoms with Crippen LogP contribution < -0.4 is 0 Å². The highest BCUT2D eigenvalue weighted by molar-refractivity contribution is 7.99. The summed E-state index contributed by atoms with van der Waals surface area (Å²) in [7, 11) is 0. The summed E-state index contributed by atoms with van der Waals surface area (Å²) in [6, 6.07) is 3.88. The Kier molecular flexibility index (Phi) is 4.68. The molecule has 20 heavy (non-hydrogen) atoms. The third kappa shape index (κ3) is 3.20. The lowest BCUT2D eigenvalue weighted by Crippen LogP contribution is -2.47. The zero-order chi connectivity index (χ0) is 13.8. The van der Waals surface area contributed by atoms with Gasteiger partial charge in [-0.15, -0.1) is 0 Å². The fraction of sp³-hybridized carbons (Fsp3) is 0.667. The van der Waals surface area contributed by atoms with E-state index >= 15 is 0 Å². The summed E-state index contributed by atoms with van der Waals surface area (Å²) < 4.78 is 5.30. The molecule has 3 heterocycles. The van der Waals surface area contributed by atoms with Gasteiger partial charge < -0.3 is 14.2 Å². The molecular formula is C15H22N2O2S. The Balaban J connectivity index is 1.71. The van der Waals surface area contributed by atoms with E-state index in [0.717, 1.165) is 31.0 Å². The molecule has 2 fully saturated rings. The second kappa shape index (κ2) is 6.68. The van der Waals surface area contributed by atoms with E-state index in [1.807, 2.05) is 16.7 Å². The van der Waals surface area contributed by atoms with Crippen molar-refractivity contribution >= 4 is 17.7 Å². The van der Waals surface area contributed by atoms with Gasteiger partial charge in [0.2, 0.25) is 0 Å². The van der Waals surface area contributed by atoms with Crippen molar-refractivity contribution in [3.05, 3.63) is 24.2 Å². The van der Waals surface area contributed by atoms with Crippen LogP contribution in [0.15, 0.2) is 22.8 Å². The molecule has 1 amide bonds. The van der Waals surface area contributed by atoms with Crippen LogP contribution in [0.5, 0.6) is 0 Å². The fourth-order valence-electron chi connectivity index (χ4n) is 3.05. The molecule has 5 heteroatoms. The van der Waals surface area contributed by atoms with Gasteiger partial charge in [0, 0.05) is 18.8 Å². The lowest BCUT2D eigenvalue weighted by Gasteiger charge is -2.32. The average molecular weight is 294 g/mol. The SMILES string of the molecule is O=C(c1ccco1)N1CCCSCC1CN1CCCC1. The minimum atomic E-state index is 0.0571. The van der Waals surface area contributed by atoms with Crippen molar-refractivity contribution in [2.75, 3.05) is 37.7 Å². The Bertz CT molecular complexity index is 429. The van der Waals surface area contributed by atoms with Gasteiger partial charge in [-0.1, -0.05) is 0 Å². The largest absolute Gasteiger partial charge is 0.459 e. The normalized spacial score (nSPS) is 24.8. The van der Waals surface area contributed by atoms with Crippen LogP contribution in [0.1, 0.15) is 29.8 Å². The second-order valence-electron chi connectivity index (χ2n) is 5.57. The molecule has 0 N–H and O–H groups in total. The van der Waals surface area contributed by atoms with E-state index in [-0.39, 0.29) is 5.91 Å². The molecule has 110 valence electrons. The minimum absolute atomic E-state index is 0.0571. The number of nitrogens with zero attached hydrogens (tertiary/aromatic N) is 2. The zero-order valence-corrected chi connectivity index (χ0v) is 12.6. The zero-order valence-electron chi connectivity index (χ0n) is 11.8. The predicted octanol–water partition coefficient (Wildman–Crippen LogP) is 2.32.